The van der Waals surface area contributed by atoms with Gasteiger partial charge in [-0.25, -0.2) is 0 Å². The van der Waals surface area contributed by atoms with Crippen molar-refractivity contribution in [3.05, 3.63) is 89.1 Å². The van der Waals surface area contributed by atoms with Crippen LogP contribution in [0.4, 0.5) is 5.82 Å². The molecule has 4 aromatic rings. The van der Waals surface area contributed by atoms with Gasteiger partial charge in [-0.15, -0.1) is 10.2 Å². The van der Waals surface area contributed by atoms with E-state index in [9.17, 15) is 16.8 Å². The standard InChI is InChI=1S/C13H13ClN4.2C7H8O3S/c14-12-10-3-1-2-4-11(10)13(17-16-12)18-7-8-5-9(18)6-15-8;2*1-6-2-4-7(5-3-6)11(8,9)10/h1-4,8-9,15H,5-7H2;2*2-5H,1H3,(H,8,9,10)/t8-,9-;;/m0../s1. The topological polar surface area (TPSA) is 150 Å². The maximum absolute atomic E-state index is 10.5. The summed E-state index contributed by atoms with van der Waals surface area (Å²) in [5, 5.41) is 14.5. The molecular weight excluding hydrogens is 576 g/mol. The van der Waals surface area contributed by atoms with Gasteiger partial charge in [0.2, 0.25) is 0 Å². The Labute approximate surface area is 238 Å². The number of rotatable bonds is 3. The molecule has 0 spiro atoms. The molecule has 6 rings (SSSR count). The first-order valence-corrected chi connectivity index (χ1v) is 15.6. The van der Waals surface area contributed by atoms with Gasteiger partial charge in [0.1, 0.15) is 0 Å². The first kappa shape index (κ1) is 29.8. The van der Waals surface area contributed by atoms with Gasteiger partial charge in [-0.2, -0.15) is 16.8 Å². The van der Waals surface area contributed by atoms with Crippen molar-refractivity contribution < 1.29 is 25.9 Å². The molecule has 3 aromatic carbocycles. The van der Waals surface area contributed by atoms with Crippen LogP contribution in [-0.2, 0) is 20.2 Å². The molecule has 0 aliphatic carbocycles. The molecule has 1 aromatic heterocycles. The minimum Gasteiger partial charge on any atom is -0.349 e. The molecule has 3 N–H and O–H groups in total. The largest absolute Gasteiger partial charge is 0.349 e. The smallest absolute Gasteiger partial charge is 0.294 e. The zero-order valence-electron chi connectivity index (χ0n) is 21.8. The van der Waals surface area contributed by atoms with Gasteiger partial charge in [0.25, 0.3) is 20.2 Å². The second-order valence-corrected chi connectivity index (χ2v) is 12.8. The zero-order valence-corrected chi connectivity index (χ0v) is 24.2. The van der Waals surface area contributed by atoms with E-state index in [1.807, 2.05) is 32.0 Å². The fourth-order valence-corrected chi connectivity index (χ4v) is 5.67. The van der Waals surface area contributed by atoms with Crippen LogP contribution in [0.25, 0.3) is 10.8 Å². The lowest BCUT2D eigenvalue weighted by Gasteiger charge is -2.28. The minimum absolute atomic E-state index is 0.0666. The molecule has 2 fully saturated rings. The number of hydrogen-bond acceptors (Lipinski definition) is 8. The molecule has 40 heavy (non-hydrogen) atoms. The van der Waals surface area contributed by atoms with Crippen LogP contribution in [0.1, 0.15) is 17.5 Å². The van der Waals surface area contributed by atoms with E-state index in [4.69, 9.17) is 20.7 Å². The third kappa shape index (κ3) is 7.33. The van der Waals surface area contributed by atoms with Crippen molar-refractivity contribution in [3.63, 3.8) is 0 Å². The van der Waals surface area contributed by atoms with Crippen LogP contribution in [0.15, 0.2) is 82.6 Å². The molecule has 0 unspecified atom stereocenters. The molecule has 2 atom stereocenters. The number of anilines is 1. The molecule has 2 bridgehead atoms. The van der Waals surface area contributed by atoms with Gasteiger partial charge < -0.3 is 10.2 Å². The normalized spacial score (nSPS) is 18.1. The summed E-state index contributed by atoms with van der Waals surface area (Å²) in [4.78, 5) is 2.23. The van der Waals surface area contributed by atoms with Gasteiger partial charge in [-0.1, -0.05) is 71.3 Å². The monoisotopic (exact) mass is 604 g/mol. The van der Waals surface area contributed by atoms with Crippen molar-refractivity contribution >= 4 is 48.4 Å². The fraction of sp³-hybridized carbons (Fsp3) is 0.259. The molecule has 0 saturated carbocycles. The average molecular weight is 605 g/mol. The Balaban J connectivity index is 0.000000147. The molecule has 10 nitrogen and oxygen atoms in total. The Bertz CT molecular complexity index is 1630. The van der Waals surface area contributed by atoms with Gasteiger partial charge in [-0.3, -0.25) is 9.11 Å². The van der Waals surface area contributed by atoms with Crippen LogP contribution in [0.2, 0.25) is 5.15 Å². The van der Waals surface area contributed by atoms with E-state index in [2.05, 4.69) is 26.5 Å². The van der Waals surface area contributed by atoms with Gasteiger partial charge in [0, 0.05) is 35.9 Å². The van der Waals surface area contributed by atoms with Gasteiger partial charge in [-0.05, 0) is 44.5 Å². The number of aromatic nitrogens is 2. The second kappa shape index (κ2) is 12.2. The lowest BCUT2D eigenvalue weighted by Crippen LogP contribution is -2.44. The van der Waals surface area contributed by atoms with Crippen molar-refractivity contribution in [1.82, 2.24) is 15.5 Å². The van der Waals surface area contributed by atoms with Crippen molar-refractivity contribution in [2.75, 3.05) is 18.0 Å². The molecule has 0 radical (unpaired) electrons. The Morgan fingerprint density at radius 3 is 1.73 bits per heavy atom. The maximum atomic E-state index is 10.5. The highest BCUT2D eigenvalue weighted by atomic mass is 35.5. The number of hydrogen-bond donors (Lipinski definition) is 3. The van der Waals surface area contributed by atoms with Crippen LogP contribution < -0.4 is 10.2 Å². The summed E-state index contributed by atoms with van der Waals surface area (Å²) in [6.45, 7) is 5.75. The summed E-state index contributed by atoms with van der Waals surface area (Å²) in [7, 11) is -8.04. The predicted octanol–water partition coefficient (Wildman–Crippen LogP) is 4.32. The van der Waals surface area contributed by atoms with Crippen molar-refractivity contribution in [1.29, 1.82) is 0 Å². The summed E-state index contributed by atoms with van der Waals surface area (Å²) in [6.07, 6.45) is 1.21. The fourth-order valence-electron chi connectivity index (χ4n) is 4.51. The van der Waals surface area contributed by atoms with E-state index in [0.29, 0.717) is 17.2 Å². The predicted molar refractivity (Wildman–Crippen MR) is 154 cm³/mol. The molecule has 2 aliphatic heterocycles. The first-order chi connectivity index (χ1) is 18.8. The van der Waals surface area contributed by atoms with Gasteiger partial charge in [0.15, 0.2) is 11.0 Å². The second-order valence-electron chi connectivity index (χ2n) is 9.58. The first-order valence-electron chi connectivity index (χ1n) is 12.3. The van der Waals surface area contributed by atoms with E-state index in [0.717, 1.165) is 40.8 Å². The minimum atomic E-state index is -4.02. The number of benzene rings is 3. The molecular formula is C27H29ClN4O6S2. The molecule has 2 saturated heterocycles. The van der Waals surface area contributed by atoms with Crippen LogP contribution >= 0.6 is 11.6 Å². The number of piperazine rings is 1. The third-order valence-electron chi connectivity index (χ3n) is 6.59. The van der Waals surface area contributed by atoms with Crippen molar-refractivity contribution in [2.45, 2.75) is 42.1 Å². The van der Waals surface area contributed by atoms with Gasteiger partial charge in [0.05, 0.1) is 9.79 Å². The molecule has 212 valence electrons. The number of nitrogens with zero attached hydrogens (tertiary/aromatic N) is 3. The van der Waals surface area contributed by atoms with E-state index in [1.54, 1.807) is 24.3 Å². The lowest BCUT2D eigenvalue weighted by molar-refractivity contribution is 0.481. The highest BCUT2D eigenvalue weighted by molar-refractivity contribution is 7.86. The van der Waals surface area contributed by atoms with E-state index in [1.165, 1.54) is 30.7 Å². The van der Waals surface area contributed by atoms with Crippen LogP contribution in [0.3, 0.4) is 0 Å². The van der Waals surface area contributed by atoms with Crippen LogP contribution in [0, 0.1) is 13.8 Å². The highest BCUT2D eigenvalue weighted by Gasteiger charge is 2.39. The molecule has 13 heteroatoms. The van der Waals surface area contributed by atoms with Crippen molar-refractivity contribution in [3.8, 4) is 0 Å². The Morgan fingerprint density at radius 1 is 0.800 bits per heavy atom. The van der Waals surface area contributed by atoms with E-state index < -0.39 is 20.2 Å². The highest BCUT2D eigenvalue weighted by Crippen LogP contribution is 2.34. The zero-order chi connectivity index (χ0) is 29.1. The van der Waals surface area contributed by atoms with Crippen LogP contribution in [0.5, 0.6) is 0 Å². The molecule has 2 aliphatic rings. The SMILES string of the molecule is Cc1ccc(S(=O)(=O)O)cc1.Cc1ccc(S(=O)(=O)O)cc1.Clc1nnc(N2C[C@@H]3C[C@H]2CN3)c2ccccc12. The number of nitrogens with one attached hydrogen (secondary N) is 1. The van der Waals surface area contributed by atoms with E-state index >= 15 is 0 Å². The summed E-state index contributed by atoms with van der Waals surface area (Å²) < 4.78 is 59.1. The molecule has 0 amide bonds. The summed E-state index contributed by atoms with van der Waals surface area (Å²) in [5.74, 6) is 0.976. The van der Waals surface area contributed by atoms with E-state index in [-0.39, 0.29) is 9.79 Å². The number of aryl methyl sites for hydroxylation is 2. The summed E-state index contributed by atoms with van der Waals surface area (Å²) >= 11 is 6.11. The van der Waals surface area contributed by atoms with Crippen molar-refractivity contribution in [2.24, 2.45) is 0 Å². The summed E-state index contributed by atoms with van der Waals surface area (Å²) in [5.41, 5.74) is 1.91. The number of fused-ring (bicyclic) bond motifs is 3. The summed E-state index contributed by atoms with van der Waals surface area (Å²) in [6, 6.07) is 21.2. The quantitative estimate of drug-likeness (QED) is 0.289. The molecule has 3 heterocycles. The lowest BCUT2D eigenvalue weighted by atomic mass is 10.1. The Morgan fingerprint density at radius 2 is 1.30 bits per heavy atom. The Kier molecular flexibility index (Phi) is 9.08. The average Bonchev–Trinajstić information content (AvgIpc) is 3.53. The van der Waals surface area contributed by atoms with Gasteiger partial charge >= 0.3 is 0 Å². The number of halogens is 1. The Hall–Kier alpha value is -3.13. The van der Waals surface area contributed by atoms with Crippen LogP contribution in [-0.4, -0.2) is 61.3 Å². The maximum Gasteiger partial charge on any atom is 0.294 e. The third-order valence-corrected chi connectivity index (χ3v) is 8.60.